The number of hydrogen-bond acceptors (Lipinski definition) is 5. The van der Waals surface area contributed by atoms with Crippen LogP contribution in [0.1, 0.15) is 16.1 Å². The van der Waals surface area contributed by atoms with Gasteiger partial charge in [0.1, 0.15) is 0 Å². The first-order valence-corrected chi connectivity index (χ1v) is 8.39. The van der Waals surface area contributed by atoms with Crippen LogP contribution in [0.15, 0.2) is 16.3 Å². The van der Waals surface area contributed by atoms with E-state index in [4.69, 9.17) is 0 Å². The molecule has 1 aromatic rings. The molecule has 19 heavy (non-hydrogen) atoms. The topological polar surface area (TPSA) is 78.5 Å². The van der Waals surface area contributed by atoms with E-state index < -0.39 is 10.0 Å². The molecule has 0 atom stereocenters. The van der Waals surface area contributed by atoms with E-state index in [0.29, 0.717) is 24.5 Å². The lowest BCUT2D eigenvalue weighted by Gasteiger charge is -2.18. The van der Waals surface area contributed by atoms with Crippen molar-refractivity contribution in [3.63, 3.8) is 0 Å². The Kier molecular flexibility index (Phi) is 4.56. The Hall–Kier alpha value is -0.960. The molecule has 8 heteroatoms. The quantitative estimate of drug-likeness (QED) is 0.829. The second-order valence-electron chi connectivity index (χ2n) is 4.23. The summed E-state index contributed by atoms with van der Waals surface area (Å²) in [6.45, 7) is 2.47. The zero-order chi connectivity index (χ0) is 13.9. The summed E-state index contributed by atoms with van der Waals surface area (Å²) in [5.74, 6) is -0.260. The molecule has 2 heterocycles. The van der Waals surface area contributed by atoms with Crippen LogP contribution in [0.3, 0.4) is 0 Å². The van der Waals surface area contributed by atoms with Crippen LogP contribution in [0.4, 0.5) is 0 Å². The van der Waals surface area contributed by atoms with E-state index in [1.54, 1.807) is 0 Å². The minimum absolute atomic E-state index is 0.206. The minimum atomic E-state index is -3.48. The monoisotopic (exact) mass is 303 g/mol. The largest absolute Gasteiger partial charge is 0.354 e. The second kappa shape index (κ2) is 6.00. The van der Waals surface area contributed by atoms with Gasteiger partial charge in [0, 0.05) is 32.1 Å². The van der Waals surface area contributed by atoms with Gasteiger partial charge in [0.05, 0.1) is 9.77 Å². The van der Waals surface area contributed by atoms with E-state index in [1.807, 2.05) is 0 Å². The highest BCUT2D eigenvalue weighted by molar-refractivity contribution is 7.89. The third-order valence-electron chi connectivity index (χ3n) is 2.96. The first-order valence-electron chi connectivity index (χ1n) is 6.07. The zero-order valence-electron chi connectivity index (χ0n) is 10.7. The minimum Gasteiger partial charge on any atom is -0.354 e. The highest BCUT2D eigenvalue weighted by Crippen LogP contribution is 2.23. The number of nitrogens with zero attached hydrogens (tertiary/aromatic N) is 1. The molecule has 1 fully saturated rings. The molecule has 1 aliphatic heterocycles. The number of amides is 1. The standard InChI is InChI=1S/C11H17N3O3S2/c1-12-11(15)10-7-9(8-18-10)19(16,17)14-5-2-3-13-4-6-14/h7-8,13H,2-6H2,1H3,(H,12,15). The van der Waals surface area contributed by atoms with Crippen molar-refractivity contribution < 1.29 is 13.2 Å². The van der Waals surface area contributed by atoms with Crippen molar-refractivity contribution in [2.45, 2.75) is 11.3 Å². The predicted octanol–water partition coefficient (Wildman–Crippen LogP) is 0.0917. The average molecular weight is 303 g/mol. The Morgan fingerprint density at radius 1 is 1.42 bits per heavy atom. The Labute approximate surface area is 116 Å². The van der Waals surface area contributed by atoms with Gasteiger partial charge in [-0.25, -0.2) is 8.42 Å². The van der Waals surface area contributed by atoms with Gasteiger partial charge >= 0.3 is 0 Å². The van der Waals surface area contributed by atoms with E-state index in [9.17, 15) is 13.2 Å². The van der Waals surface area contributed by atoms with Crippen molar-refractivity contribution in [2.75, 3.05) is 33.2 Å². The maximum absolute atomic E-state index is 12.4. The van der Waals surface area contributed by atoms with Crippen LogP contribution >= 0.6 is 11.3 Å². The van der Waals surface area contributed by atoms with Gasteiger partial charge in [0.15, 0.2) is 0 Å². The van der Waals surface area contributed by atoms with E-state index in [-0.39, 0.29) is 10.8 Å². The van der Waals surface area contributed by atoms with Crippen molar-refractivity contribution in [2.24, 2.45) is 0 Å². The number of rotatable bonds is 3. The summed E-state index contributed by atoms with van der Waals surface area (Å²) >= 11 is 1.14. The Morgan fingerprint density at radius 2 is 2.21 bits per heavy atom. The molecular formula is C11H17N3O3S2. The lowest BCUT2D eigenvalue weighted by molar-refractivity contribution is 0.0967. The molecule has 2 rings (SSSR count). The summed E-state index contributed by atoms with van der Waals surface area (Å²) in [7, 11) is -1.96. The van der Waals surface area contributed by atoms with E-state index in [2.05, 4.69) is 10.6 Å². The SMILES string of the molecule is CNC(=O)c1cc(S(=O)(=O)N2CCCNCC2)cs1. The zero-order valence-corrected chi connectivity index (χ0v) is 12.3. The van der Waals surface area contributed by atoms with Crippen LogP contribution in [0.5, 0.6) is 0 Å². The molecule has 1 aromatic heterocycles. The van der Waals surface area contributed by atoms with Crippen molar-refractivity contribution in [3.05, 3.63) is 16.3 Å². The number of hydrogen-bond donors (Lipinski definition) is 2. The van der Waals surface area contributed by atoms with Crippen LogP contribution in [0.2, 0.25) is 0 Å². The van der Waals surface area contributed by atoms with Gasteiger partial charge in [-0.3, -0.25) is 4.79 Å². The fraction of sp³-hybridized carbons (Fsp3) is 0.545. The first kappa shape index (κ1) is 14.4. The fourth-order valence-electron chi connectivity index (χ4n) is 1.91. The smallest absolute Gasteiger partial charge is 0.261 e. The molecule has 0 bridgehead atoms. The van der Waals surface area contributed by atoms with Crippen LogP contribution in [0, 0.1) is 0 Å². The van der Waals surface area contributed by atoms with Gasteiger partial charge in [-0.2, -0.15) is 4.31 Å². The van der Waals surface area contributed by atoms with Gasteiger partial charge in [-0.15, -0.1) is 11.3 Å². The molecule has 1 aliphatic rings. The number of carbonyl (C=O) groups is 1. The van der Waals surface area contributed by atoms with Crippen LogP contribution in [0.25, 0.3) is 0 Å². The van der Waals surface area contributed by atoms with Gasteiger partial charge in [0.2, 0.25) is 10.0 Å². The number of nitrogens with one attached hydrogen (secondary N) is 2. The van der Waals surface area contributed by atoms with Crippen LogP contribution in [-0.4, -0.2) is 51.9 Å². The average Bonchev–Trinajstić information content (AvgIpc) is 2.74. The molecule has 0 aromatic carbocycles. The maximum Gasteiger partial charge on any atom is 0.261 e. The maximum atomic E-state index is 12.4. The first-order chi connectivity index (χ1) is 9.05. The molecule has 106 valence electrons. The molecule has 0 aliphatic carbocycles. The molecule has 2 N–H and O–H groups in total. The molecule has 0 saturated carbocycles. The van der Waals surface area contributed by atoms with Crippen molar-refractivity contribution in [3.8, 4) is 0 Å². The van der Waals surface area contributed by atoms with Gasteiger partial charge in [0.25, 0.3) is 5.91 Å². The molecule has 6 nitrogen and oxygen atoms in total. The third kappa shape index (κ3) is 3.14. The van der Waals surface area contributed by atoms with E-state index in [0.717, 1.165) is 24.3 Å². The highest BCUT2D eigenvalue weighted by Gasteiger charge is 2.26. The summed E-state index contributed by atoms with van der Waals surface area (Å²) in [4.78, 5) is 12.1. The van der Waals surface area contributed by atoms with E-state index >= 15 is 0 Å². The van der Waals surface area contributed by atoms with Gasteiger partial charge in [-0.05, 0) is 19.0 Å². The fourth-order valence-corrected chi connectivity index (χ4v) is 4.59. The summed E-state index contributed by atoms with van der Waals surface area (Å²) in [5.41, 5.74) is 0. The lowest BCUT2D eigenvalue weighted by atomic mass is 10.4. The van der Waals surface area contributed by atoms with Crippen molar-refractivity contribution >= 4 is 27.3 Å². The Bertz CT molecular complexity index is 545. The second-order valence-corrected chi connectivity index (χ2v) is 7.08. The summed E-state index contributed by atoms with van der Waals surface area (Å²) in [6.07, 6.45) is 0.797. The third-order valence-corrected chi connectivity index (χ3v) is 5.92. The molecule has 1 amide bonds. The predicted molar refractivity (Wildman–Crippen MR) is 74.0 cm³/mol. The molecule has 0 spiro atoms. The highest BCUT2D eigenvalue weighted by atomic mass is 32.2. The van der Waals surface area contributed by atoms with E-state index in [1.165, 1.54) is 22.8 Å². The summed E-state index contributed by atoms with van der Waals surface area (Å²) in [6, 6.07) is 1.44. The van der Waals surface area contributed by atoms with Crippen molar-refractivity contribution in [1.82, 2.24) is 14.9 Å². The van der Waals surface area contributed by atoms with Gasteiger partial charge in [-0.1, -0.05) is 0 Å². The molecule has 0 radical (unpaired) electrons. The number of sulfonamides is 1. The molecule has 1 saturated heterocycles. The lowest BCUT2D eigenvalue weighted by Crippen LogP contribution is -2.34. The van der Waals surface area contributed by atoms with Crippen molar-refractivity contribution in [1.29, 1.82) is 0 Å². The Morgan fingerprint density at radius 3 is 2.95 bits per heavy atom. The van der Waals surface area contributed by atoms with Crippen LogP contribution in [-0.2, 0) is 10.0 Å². The van der Waals surface area contributed by atoms with Gasteiger partial charge < -0.3 is 10.6 Å². The van der Waals surface area contributed by atoms with Crippen LogP contribution < -0.4 is 10.6 Å². The molecule has 0 unspecified atom stereocenters. The number of carbonyl (C=O) groups excluding carboxylic acids is 1. The summed E-state index contributed by atoms with van der Waals surface area (Å²) < 4.78 is 26.3. The summed E-state index contributed by atoms with van der Waals surface area (Å²) in [5, 5.41) is 7.18. The normalized spacial score (nSPS) is 17.9. The number of thiophene rings is 1. The molecular weight excluding hydrogens is 286 g/mol. The Balaban J connectivity index is 2.23.